The van der Waals surface area contributed by atoms with E-state index in [0.717, 1.165) is 19.3 Å². The Labute approximate surface area is 82.2 Å². The summed E-state index contributed by atoms with van der Waals surface area (Å²) in [5.41, 5.74) is 0. The van der Waals surface area contributed by atoms with E-state index in [1.807, 2.05) is 0 Å². The summed E-state index contributed by atoms with van der Waals surface area (Å²) in [6.45, 7) is 0. The summed E-state index contributed by atoms with van der Waals surface area (Å²) in [5, 5.41) is 9.04. The van der Waals surface area contributed by atoms with E-state index in [2.05, 4.69) is 4.74 Å². The number of aliphatic carboxylic acids is 1. The maximum Gasteiger partial charge on any atom is 0.309 e. The number of hydrogen-bond donors (Lipinski definition) is 1. The number of methoxy groups -OCH3 is 1. The van der Waals surface area contributed by atoms with Crippen LogP contribution in [0.5, 0.6) is 0 Å². The lowest BCUT2D eigenvalue weighted by atomic mass is 9.79. The summed E-state index contributed by atoms with van der Waals surface area (Å²) in [7, 11) is 1.33. The molecular formula is C10H14O4. The number of carbonyl (C=O) groups excluding carboxylic acids is 1. The second kappa shape index (κ2) is 3.26. The van der Waals surface area contributed by atoms with Gasteiger partial charge in [0.2, 0.25) is 0 Å². The Morgan fingerprint density at radius 1 is 1.21 bits per heavy atom. The van der Waals surface area contributed by atoms with Gasteiger partial charge in [0.05, 0.1) is 18.9 Å². The van der Waals surface area contributed by atoms with Crippen LogP contribution >= 0.6 is 0 Å². The molecule has 78 valence electrons. The van der Waals surface area contributed by atoms with Gasteiger partial charge in [-0.25, -0.2) is 0 Å². The van der Waals surface area contributed by atoms with Gasteiger partial charge in [-0.1, -0.05) is 0 Å². The molecule has 2 aliphatic carbocycles. The summed E-state index contributed by atoms with van der Waals surface area (Å²) >= 11 is 0. The Morgan fingerprint density at radius 2 is 1.79 bits per heavy atom. The highest BCUT2D eigenvalue weighted by Crippen LogP contribution is 2.52. The molecule has 2 saturated carbocycles. The third-order valence-electron chi connectivity index (χ3n) is 3.67. The van der Waals surface area contributed by atoms with Crippen molar-refractivity contribution in [2.75, 3.05) is 7.11 Å². The van der Waals surface area contributed by atoms with Gasteiger partial charge in [0.15, 0.2) is 0 Å². The first-order valence-corrected chi connectivity index (χ1v) is 4.95. The van der Waals surface area contributed by atoms with Gasteiger partial charge in [0, 0.05) is 0 Å². The van der Waals surface area contributed by atoms with Crippen LogP contribution in [-0.4, -0.2) is 24.2 Å². The largest absolute Gasteiger partial charge is 0.481 e. The van der Waals surface area contributed by atoms with Crippen molar-refractivity contribution in [2.45, 2.75) is 19.3 Å². The molecule has 0 radical (unpaired) electrons. The highest BCUT2D eigenvalue weighted by molar-refractivity contribution is 5.82. The van der Waals surface area contributed by atoms with Gasteiger partial charge in [0.1, 0.15) is 0 Å². The average Bonchev–Trinajstić information content (AvgIpc) is 2.74. The van der Waals surface area contributed by atoms with Crippen LogP contribution in [0.2, 0.25) is 0 Å². The fourth-order valence-electron chi connectivity index (χ4n) is 3.12. The van der Waals surface area contributed by atoms with Gasteiger partial charge < -0.3 is 9.84 Å². The lowest BCUT2D eigenvalue weighted by Gasteiger charge is -2.25. The molecule has 1 N–H and O–H groups in total. The monoisotopic (exact) mass is 198 g/mol. The maximum atomic E-state index is 11.4. The zero-order valence-corrected chi connectivity index (χ0v) is 8.10. The second-order valence-corrected chi connectivity index (χ2v) is 4.25. The molecule has 2 bridgehead atoms. The third kappa shape index (κ3) is 1.21. The van der Waals surface area contributed by atoms with Crippen molar-refractivity contribution in [1.82, 2.24) is 0 Å². The van der Waals surface area contributed by atoms with E-state index in [0.29, 0.717) is 0 Å². The normalized spacial score (nSPS) is 39.8. The van der Waals surface area contributed by atoms with Crippen molar-refractivity contribution >= 4 is 11.9 Å². The molecule has 0 spiro atoms. The van der Waals surface area contributed by atoms with Crippen molar-refractivity contribution in [3.63, 3.8) is 0 Å². The van der Waals surface area contributed by atoms with Crippen LogP contribution in [-0.2, 0) is 14.3 Å². The molecule has 0 unspecified atom stereocenters. The summed E-state index contributed by atoms with van der Waals surface area (Å²) in [6, 6.07) is 0. The molecule has 2 fully saturated rings. The SMILES string of the molecule is COC(=O)[C@@H]1[C@@H]2CC[C@@H](C2)[C@@H]1C(=O)O. The number of rotatable bonds is 2. The van der Waals surface area contributed by atoms with E-state index in [1.54, 1.807) is 0 Å². The number of hydrogen-bond acceptors (Lipinski definition) is 3. The fraction of sp³-hybridized carbons (Fsp3) is 0.800. The Kier molecular flexibility index (Phi) is 2.21. The topological polar surface area (TPSA) is 63.6 Å². The second-order valence-electron chi connectivity index (χ2n) is 4.25. The summed E-state index contributed by atoms with van der Waals surface area (Å²) in [6.07, 6.45) is 2.82. The Hall–Kier alpha value is -1.06. The zero-order chi connectivity index (χ0) is 10.3. The van der Waals surface area contributed by atoms with Gasteiger partial charge >= 0.3 is 11.9 Å². The third-order valence-corrected chi connectivity index (χ3v) is 3.67. The Balaban J connectivity index is 2.21. The number of carboxylic acids is 1. The molecule has 4 nitrogen and oxygen atoms in total. The number of fused-ring (bicyclic) bond motifs is 2. The molecule has 4 heteroatoms. The zero-order valence-electron chi connectivity index (χ0n) is 8.10. The van der Waals surface area contributed by atoms with Crippen LogP contribution in [0.15, 0.2) is 0 Å². The predicted octanol–water partition coefficient (Wildman–Crippen LogP) is 0.906. The standard InChI is InChI=1S/C10H14O4/c1-14-10(13)8-6-3-2-5(4-6)7(8)9(11)12/h5-8H,2-4H2,1H3,(H,11,12)/t5-,6+,7-,8+/m0/s1. The first-order chi connectivity index (χ1) is 6.65. The highest BCUT2D eigenvalue weighted by Gasteiger charge is 2.54. The predicted molar refractivity (Wildman–Crippen MR) is 47.5 cm³/mol. The Bertz CT molecular complexity index is 273. The molecule has 0 aromatic carbocycles. The lowest BCUT2D eigenvalue weighted by Crippen LogP contribution is -2.35. The van der Waals surface area contributed by atoms with Crippen LogP contribution < -0.4 is 0 Å². The van der Waals surface area contributed by atoms with Crippen LogP contribution in [0, 0.1) is 23.7 Å². The quantitative estimate of drug-likeness (QED) is 0.670. The minimum Gasteiger partial charge on any atom is -0.481 e. The Morgan fingerprint density at radius 3 is 2.29 bits per heavy atom. The van der Waals surface area contributed by atoms with Crippen LogP contribution in [0.3, 0.4) is 0 Å². The van der Waals surface area contributed by atoms with Crippen molar-refractivity contribution in [3.05, 3.63) is 0 Å². The molecule has 0 heterocycles. The fourth-order valence-corrected chi connectivity index (χ4v) is 3.12. The molecule has 0 aromatic rings. The summed E-state index contributed by atoms with van der Waals surface area (Å²) in [5.74, 6) is -1.63. The smallest absolute Gasteiger partial charge is 0.309 e. The number of carbonyl (C=O) groups is 2. The van der Waals surface area contributed by atoms with Gasteiger partial charge in [-0.3, -0.25) is 9.59 Å². The van der Waals surface area contributed by atoms with E-state index in [-0.39, 0.29) is 17.8 Å². The van der Waals surface area contributed by atoms with Crippen LogP contribution in [0.4, 0.5) is 0 Å². The van der Waals surface area contributed by atoms with E-state index in [9.17, 15) is 9.59 Å². The van der Waals surface area contributed by atoms with Gasteiger partial charge in [-0.2, -0.15) is 0 Å². The molecule has 4 atom stereocenters. The van der Waals surface area contributed by atoms with Gasteiger partial charge in [-0.15, -0.1) is 0 Å². The lowest BCUT2D eigenvalue weighted by molar-refractivity contribution is -0.158. The minimum atomic E-state index is -0.840. The molecule has 14 heavy (non-hydrogen) atoms. The molecule has 0 aromatic heterocycles. The first kappa shape index (κ1) is 9.49. The van der Waals surface area contributed by atoms with E-state index in [4.69, 9.17) is 5.11 Å². The average molecular weight is 198 g/mol. The van der Waals surface area contributed by atoms with E-state index < -0.39 is 17.8 Å². The van der Waals surface area contributed by atoms with Crippen molar-refractivity contribution in [2.24, 2.45) is 23.7 Å². The first-order valence-electron chi connectivity index (χ1n) is 4.95. The molecular weight excluding hydrogens is 184 g/mol. The number of ether oxygens (including phenoxy) is 1. The summed E-state index contributed by atoms with van der Waals surface area (Å²) < 4.78 is 4.66. The van der Waals surface area contributed by atoms with Gasteiger partial charge in [-0.05, 0) is 31.1 Å². The van der Waals surface area contributed by atoms with Crippen molar-refractivity contribution in [1.29, 1.82) is 0 Å². The van der Waals surface area contributed by atoms with E-state index >= 15 is 0 Å². The van der Waals surface area contributed by atoms with Gasteiger partial charge in [0.25, 0.3) is 0 Å². The molecule has 2 aliphatic rings. The van der Waals surface area contributed by atoms with E-state index in [1.165, 1.54) is 7.11 Å². The van der Waals surface area contributed by atoms with Crippen molar-refractivity contribution < 1.29 is 19.4 Å². The minimum absolute atomic E-state index is 0.196. The highest BCUT2D eigenvalue weighted by atomic mass is 16.5. The van der Waals surface area contributed by atoms with Crippen LogP contribution in [0.25, 0.3) is 0 Å². The molecule has 2 rings (SSSR count). The number of esters is 1. The summed E-state index contributed by atoms with van der Waals surface area (Å²) in [4.78, 5) is 22.4. The van der Waals surface area contributed by atoms with Crippen LogP contribution in [0.1, 0.15) is 19.3 Å². The van der Waals surface area contributed by atoms with Crippen molar-refractivity contribution in [3.8, 4) is 0 Å². The molecule has 0 saturated heterocycles. The number of carboxylic acid groups (broad SMARTS) is 1. The maximum absolute atomic E-state index is 11.4. The molecule has 0 aliphatic heterocycles. The molecule has 0 amide bonds.